The molecular formula is C18H25N3O4. The monoisotopic (exact) mass is 347 g/mol. The summed E-state index contributed by atoms with van der Waals surface area (Å²) in [4.78, 5) is 37.5. The Balaban J connectivity index is 1.80. The maximum absolute atomic E-state index is 12.2. The van der Waals surface area contributed by atoms with Crippen LogP contribution in [0.25, 0.3) is 0 Å². The molecule has 0 radical (unpaired) electrons. The van der Waals surface area contributed by atoms with Crippen LogP contribution < -0.4 is 11.1 Å². The molecule has 0 aliphatic carbocycles. The highest BCUT2D eigenvalue weighted by Gasteiger charge is 2.30. The Bertz CT molecular complexity index is 625. The Morgan fingerprint density at radius 1 is 1.24 bits per heavy atom. The Kier molecular flexibility index (Phi) is 6.94. The fourth-order valence-electron chi connectivity index (χ4n) is 2.85. The van der Waals surface area contributed by atoms with Gasteiger partial charge in [-0.3, -0.25) is 14.4 Å². The second kappa shape index (κ2) is 9.17. The molecule has 1 aliphatic rings. The van der Waals surface area contributed by atoms with Crippen molar-refractivity contribution in [2.45, 2.75) is 32.9 Å². The van der Waals surface area contributed by atoms with Crippen LogP contribution in [0.2, 0.25) is 0 Å². The van der Waals surface area contributed by atoms with Crippen LogP contribution in [-0.2, 0) is 32.2 Å². The van der Waals surface area contributed by atoms with Crippen molar-refractivity contribution >= 4 is 17.8 Å². The van der Waals surface area contributed by atoms with Gasteiger partial charge in [-0.15, -0.1) is 0 Å². The molecule has 1 saturated heterocycles. The maximum Gasteiger partial charge on any atom is 0.311 e. The Hall–Kier alpha value is -2.41. The largest absolute Gasteiger partial charge is 0.466 e. The van der Waals surface area contributed by atoms with E-state index in [4.69, 9.17) is 10.5 Å². The van der Waals surface area contributed by atoms with E-state index in [2.05, 4.69) is 5.32 Å². The van der Waals surface area contributed by atoms with Crippen molar-refractivity contribution in [3.05, 3.63) is 35.4 Å². The molecule has 2 rings (SSSR count). The molecule has 1 aromatic carbocycles. The van der Waals surface area contributed by atoms with Gasteiger partial charge in [-0.2, -0.15) is 0 Å². The number of carbonyl (C=O) groups is 3. The number of hydrogen-bond acceptors (Lipinski definition) is 5. The van der Waals surface area contributed by atoms with Crippen molar-refractivity contribution in [1.82, 2.24) is 10.2 Å². The number of nitrogens with one attached hydrogen (secondary N) is 1. The Morgan fingerprint density at radius 2 is 1.92 bits per heavy atom. The molecule has 1 fully saturated rings. The van der Waals surface area contributed by atoms with Crippen molar-refractivity contribution in [2.24, 2.45) is 11.7 Å². The van der Waals surface area contributed by atoms with E-state index in [1.807, 2.05) is 24.3 Å². The minimum absolute atomic E-state index is 0.189. The fraction of sp³-hybridized carbons (Fsp3) is 0.500. The van der Waals surface area contributed by atoms with Crippen molar-refractivity contribution in [3.63, 3.8) is 0 Å². The number of carbonyl (C=O) groups excluding carboxylic acids is 3. The number of nitrogens with zero attached hydrogens (tertiary/aromatic N) is 1. The summed E-state index contributed by atoms with van der Waals surface area (Å²) in [6.07, 6.45) is 1.05. The van der Waals surface area contributed by atoms with Gasteiger partial charge in [0.2, 0.25) is 0 Å². The number of amides is 2. The highest BCUT2D eigenvalue weighted by Crippen LogP contribution is 2.18. The first-order valence-corrected chi connectivity index (χ1v) is 8.56. The van der Waals surface area contributed by atoms with Crippen LogP contribution in [0, 0.1) is 5.92 Å². The normalized spacial score (nSPS) is 14.9. The van der Waals surface area contributed by atoms with E-state index in [9.17, 15) is 14.4 Å². The summed E-state index contributed by atoms with van der Waals surface area (Å²) in [6.45, 7) is 3.60. The van der Waals surface area contributed by atoms with Crippen molar-refractivity contribution in [2.75, 3.05) is 19.7 Å². The number of nitrogens with two attached hydrogens (primary N) is 1. The lowest BCUT2D eigenvalue weighted by Crippen LogP contribution is -2.47. The first kappa shape index (κ1) is 18.9. The molecule has 1 heterocycles. The van der Waals surface area contributed by atoms with Gasteiger partial charge in [0.15, 0.2) is 0 Å². The number of hydrogen-bond donors (Lipinski definition) is 2. The van der Waals surface area contributed by atoms with Crippen LogP contribution in [0.15, 0.2) is 24.3 Å². The third-order valence-electron chi connectivity index (χ3n) is 4.28. The fourth-order valence-corrected chi connectivity index (χ4v) is 2.85. The standard InChI is InChI=1S/C18H25N3O4/c1-2-25-18(24)15-6-8-21(9-7-15)17(23)16(22)20-12-14-5-3-4-13(10-14)11-19/h3-5,10,15H,2,6-9,11-12,19H2,1H3,(H,20,22). The first-order valence-electron chi connectivity index (χ1n) is 8.56. The van der Waals surface area contributed by atoms with Crippen LogP contribution >= 0.6 is 0 Å². The molecule has 1 aliphatic heterocycles. The number of benzene rings is 1. The van der Waals surface area contributed by atoms with E-state index in [-0.39, 0.29) is 18.4 Å². The van der Waals surface area contributed by atoms with Gasteiger partial charge in [-0.1, -0.05) is 24.3 Å². The van der Waals surface area contributed by atoms with Gasteiger partial charge in [0.1, 0.15) is 0 Å². The topological polar surface area (TPSA) is 102 Å². The number of likely N-dealkylation sites (tertiary alicyclic amines) is 1. The molecule has 0 saturated carbocycles. The third kappa shape index (κ3) is 5.29. The SMILES string of the molecule is CCOC(=O)C1CCN(C(=O)C(=O)NCc2cccc(CN)c2)CC1. The maximum atomic E-state index is 12.2. The van der Waals surface area contributed by atoms with Gasteiger partial charge in [0.05, 0.1) is 12.5 Å². The van der Waals surface area contributed by atoms with Crippen LogP contribution in [0.4, 0.5) is 0 Å². The van der Waals surface area contributed by atoms with E-state index in [1.54, 1.807) is 6.92 Å². The van der Waals surface area contributed by atoms with Crippen molar-refractivity contribution in [3.8, 4) is 0 Å². The summed E-state index contributed by atoms with van der Waals surface area (Å²) in [5.74, 6) is -1.60. The molecule has 3 N–H and O–H groups in total. The van der Waals surface area contributed by atoms with E-state index in [1.165, 1.54) is 4.90 Å². The smallest absolute Gasteiger partial charge is 0.311 e. The predicted molar refractivity (Wildman–Crippen MR) is 92.1 cm³/mol. The summed E-state index contributed by atoms with van der Waals surface area (Å²) in [7, 11) is 0. The zero-order valence-electron chi connectivity index (χ0n) is 14.5. The lowest BCUT2D eigenvalue weighted by atomic mass is 9.97. The second-order valence-corrected chi connectivity index (χ2v) is 6.03. The Labute approximate surface area is 147 Å². The molecule has 0 aromatic heterocycles. The van der Waals surface area contributed by atoms with Crippen LogP contribution in [0.5, 0.6) is 0 Å². The minimum Gasteiger partial charge on any atom is -0.466 e. The molecule has 0 spiro atoms. The Morgan fingerprint density at radius 3 is 2.56 bits per heavy atom. The van der Waals surface area contributed by atoms with E-state index in [0.29, 0.717) is 39.1 Å². The van der Waals surface area contributed by atoms with Crippen LogP contribution in [0.1, 0.15) is 30.9 Å². The van der Waals surface area contributed by atoms with E-state index >= 15 is 0 Å². The zero-order chi connectivity index (χ0) is 18.2. The quantitative estimate of drug-likeness (QED) is 0.599. The van der Waals surface area contributed by atoms with Gasteiger partial charge >= 0.3 is 17.8 Å². The average molecular weight is 347 g/mol. The summed E-state index contributed by atoms with van der Waals surface area (Å²) < 4.78 is 5.00. The highest BCUT2D eigenvalue weighted by molar-refractivity contribution is 6.35. The van der Waals surface area contributed by atoms with Crippen molar-refractivity contribution < 1.29 is 19.1 Å². The molecule has 25 heavy (non-hydrogen) atoms. The van der Waals surface area contributed by atoms with Crippen LogP contribution in [0.3, 0.4) is 0 Å². The minimum atomic E-state index is -0.632. The lowest BCUT2D eigenvalue weighted by molar-refractivity contribution is -0.152. The molecule has 2 amide bonds. The lowest BCUT2D eigenvalue weighted by Gasteiger charge is -2.30. The molecular weight excluding hydrogens is 322 g/mol. The molecule has 7 nitrogen and oxygen atoms in total. The first-order chi connectivity index (χ1) is 12.0. The summed E-state index contributed by atoms with van der Waals surface area (Å²) in [6, 6.07) is 7.54. The molecule has 0 unspecified atom stereocenters. The number of rotatable bonds is 5. The number of piperidine rings is 1. The summed E-state index contributed by atoms with van der Waals surface area (Å²) in [5.41, 5.74) is 7.46. The number of ether oxygens (including phenoxy) is 1. The van der Waals surface area contributed by atoms with Crippen LogP contribution in [-0.4, -0.2) is 42.4 Å². The highest BCUT2D eigenvalue weighted by atomic mass is 16.5. The summed E-state index contributed by atoms with van der Waals surface area (Å²) in [5, 5.41) is 2.64. The summed E-state index contributed by atoms with van der Waals surface area (Å²) >= 11 is 0. The second-order valence-electron chi connectivity index (χ2n) is 6.03. The predicted octanol–water partition coefficient (Wildman–Crippen LogP) is 0.563. The third-order valence-corrected chi connectivity index (χ3v) is 4.28. The number of esters is 1. The zero-order valence-corrected chi connectivity index (χ0v) is 14.5. The molecule has 7 heteroatoms. The van der Waals surface area contributed by atoms with Gasteiger partial charge in [-0.25, -0.2) is 0 Å². The van der Waals surface area contributed by atoms with Gasteiger partial charge in [0, 0.05) is 26.2 Å². The molecule has 136 valence electrons. The molecule has 0 atom stereocenters. The van der Waals surface area contributed by atoms with E-state index < -0.39 is 11.8 Å². The molecule has 0 bridgehead atoms. The van der Waals surface area contributed by atoms with Gasteiger partial charge in [0.25, 0.3) is 0 Å². The van der Waals surface area contributed by atoms with Gasteiger partial charge < -0.3 is 20.7 Å². The van der Waals surface area contributed by atoms with Gasteiger partial charge in [-0.05, 0) is 30.9 Å². The average Bonchev–Trinajstić information content (AvgIpc) is 2.66. The molecule has 1 aromatic rings. The van der Waals surface area contributed by atoms with Crippen molar-refractivity contribution in [1.29, 1.82) is 0 Å². The van der Waals surface area contributed by atoms with E-state index in [0.717, 1.165) is 11.1 Å².